The first kappa shape index (κ1) is 17.5. The number of halogens is 1. The fourth-order valence-electron chi connectivity index (χ4n) is 2.69. The van der Waals surface area contributed by atoms with Gasteiger partial charge in [-0.2, -0.15) is 17.4 Å². The molecule has 1 aliphatic rings. The molecule has 0 radical (unpaired) electrons. The highest BCUT2D eigenvalue weighted by atomic mass is 32.2. The van der Waals surface area contributed by atoms with Gasteiger partial charge in [0, 0.05) is 24.0 Å². The minimum absolute atomic E-state index is 0.284. The van der Waals surface area contributed by atoms with Gasteiger partial charge in [-0.3, -0.25) is 0 Å². The van der Waals surface area contributed by atoms with Gasteiger partial charge in [0.15, 0.2) is 0 Å². The first-order valence-corrected chi connectivity index (χ1v) is 10.2. The monoisotopic (exact) mass is 369 g/mol. The van der Waals surface area contributed by atoms with Crippen LogP contribution in [0.1, 0.15) is 36.4 Å². The summed E-state index contributed by atoms with van der Waals surface area (Å²) >= 11 is 1.56. The number of fused-ring (bicyclic) bond motifs is 1. The molecule has 1 aromatic carbocycles. The fourth-order valence-corrected chi connectivity index (χ4v) is 4.97. The average molecular weight is 369 g/mol. The van der Waals surface area contributed by atoms with Gasteiger partial charge >= 0.3 is 0 Å². The predicted octanol–water partition coefficient (Wildman–Crippen LogP) is 3.11. The first-order chi connectivity index (χ1) is 11.4. The third-order valence-electron chi connectivity index (χ3n) is 4.19. The highest BCUT2D eigenvalue weighted by molar-refractivity contribution is 7.87. The summed E-state index contributed by atoms with van der Waals surface area (Å²) in [5, 5.41) is 0.801. The molecule has 0 amide bonds. The van der Waals surface area contributed by atoms with Crippen molar-refractivity contribution in [1.82, 2.24) is 14.0 Å². The summed E-state index contributed by atoms with van der Waals surface area (Å²) in [5.41, 5.74) is 1.65. The zero-order valence-corrected chi connectivity index (χ0v) is 15.3. The Hall–Kier alpha value is -1.35. The molecule has 1 aromatic heterocycles. The highest BCUT2D eigenvalue weighted by Gasteiger charge is 2.29. The van der Waals surface area contributed by atoms with Gasteiger partial charge in [0.1, 0.15) is 10.8 Å². The van der Waals surface area contributed by atoms with Crippen molar-refractivity contribution in [2.75, 3.05) is 13.6 Å². The van der Waals surface area contributed by atoms with Crippen LogP contribution < -0.4 is 4.72 Å². The SMILES string of the molecule is CCN(C)S(=O)(=O)NC1CCCc2sc(-c3ccc(F)cc3)nc21. The Morgan fingerprint density at radius 3 is 2.75 bits per heavy atom. The van der Waals surface area contributed by atoms with Crippen LogP contribution in [0, 0.1) is 5.82 Å². The van der Waals surface area contributed by atoms with Crippen LogP contribution in [0.2, 0.25) is 0 Å². The lowest BCUT2D eigenvalue weighted by atomic mass is 9.98. The van der Waals surface area contributed by atoms with Crippen molar-refractivity contribution in [2.24, 2.45) is 0 Å². The summed E-state index contributed by atoms with van der Waals surface area (Å²) in [4.78, 5) is 5.76. The Morgan fingerprint density at radius 1 is 1.38 bits per heavy atom. The number of nitrogens with one attached hydrogen (secondary N) is 1. The summed E-state index contributed by atoms with van der Waals surface area (Å²) in [6.07, 6.45) is 2.55. The molecule has 1 heterocycles. The zero-order chi connectivity index (χ0) is 17.3. The molecule has 0 saturated heterocycles. The smallest absolute Gasteiger partial charge is 0.239 e. The molecule has 3 rings (SSSR count). The third kappa shape index (κ3) is 3.51. The minimum Gasteiger partial charge on any atom is -0.239 e. The van der Waals surface area contributed by atoms with Crippen LogP contribution in [0.5, 0.6) is 0 Å². The van der Waals surface area contributed by atoms with Gasteiger partial charge < -0.3 is 0 Å². The largest absolute Gasteiger partial charge is 0.279 e. The van der Waals surface area contributed by atoms with Crippen LogP contribution >= 0.6 is 11.3 Å². The van der Waals surface area contributed by atoms with Crippen LogP contribution in [0.15, 0.2) is 24.3 Å². The fraction of sp³-hybridized carbons (Fsp3) is 0.438. The molecule has 24 heavy (non-hydrogen) atoms. The van der Waals surface area contributed by atoms with Gasteiger partial charge in [-0.05, 0) is 43.5 Å². The lowest BCUT2D eigenvalue weighted by molar-refractivity contribution is 0.443. The van der Waals surface area contributed by atoms with Crippen molar-refractivity contribution < 1.29 is 12.8 Å². The third-order valence-corrected chi connectivity index (χ3v) is 7.03. The Bertz CT molecular complexity index is 818. The molecular weight excluding hydrogens is 349 g/mol. The van der Waals surface area contributed by atoms with Gasteiger partial charge in [-0.15, -0.1) is 11.3 Å². The standard InChI is InChI=1S/C16H20FN3O2S2/c1-3-20(2)24(21,22)19-13-5-4-6-14-15(13)18-16(23-14)11-7-9-12(17)10-8-11/h7-10,13,19H,3-6H2,1-2H3. The Labute approximate surface area is 145 Å². The van der Waals surface area contributed by atoms with E-state index in [0.717, 1.165) is 40.4 Å². The topological polar surface area (TPSA) is 62.3 Å². The minimum atomic E-state index is -3.52. The predicted molar refractivity (Wildman–Crippen MR) is 93.5 cm³/mol. The van der Waals surface area contributed by atoms with E-state index in [-0.39, 0.29) is 11.9 Å². The Kier molecular flexibility index (Phi) is 5.00. The summed E-state index contributed by atoms with van der Waals surface area (Å²) in [7, 11) is -1.96. The van der Waals surface area contributed by atoms with Gasteiger partial charge in [0.2, 0.25) is 0 Å². The second-order valence-corrected chi connectivity index (χ2v) is 8.71. The average Bonchev–Trinajstić information content (AvgIpc) is 2.99. The van der Waals surface area contributed by atoms with Crippen LogP contribution in [0.4, 0.5) is 4.39 Å². The van der Waals surface area contributed by atoms with E-state index in [1.165, 1.54) is 16.4 Å². The molecular formula is C16H20FN3O2S2. The molecule has 1 aliphatic carbocycles. The number of thiazole rings is 1. The van der Waals surface area contributed by atoms with Gasteiger partial charge in [0.05, 0.1) is 11.7 Å². The molecule has 130 valence electrons. The van der Waals surface area contributed by atoms with Crippen molar-refractivity contribution in [2.45, 2.75) is 32.2 Å². The van der Waals surface area contributed by atoms with Crippen LogP contribution in [0.25, 0.3) is 10.6 Å². The second-order valence-electron chi connectivity index (χ2n) is 5.82. The van der Waals surface area contributed by atoms with E-state index in [0.29, 0.717) is 6.54 Å². The maximum atomic E-state index is 13.1. The molecule has 0 bridgehead atoms. The van der Waals surface area contributed by atoms with E-state index >= 15 is 0 Å². The number of aromatic nitrogens is 1. The maximum Gasteiger partial charge on any atom is 0.279 e. The number of aryl methyl sites for hydroxylation is 1. The Morgan fingerprint density at radius 2 is 2.08 bits per heavy atom. The lowest BCUT2D eigenvalue weighted by Crippen LogP contribution is -2.40. The zero-order valence-electron chi connectivity index (χ0n) is 13.6. The molecule has 5 nitrogen and oxygen atoms in total. The van der Waals surface area contributed by atoms with E-state index in [1.54, 1.807) is 37.4 Å². The van der Waals surface area contributed by atoms with E-state index in [9.17, 15) is 12.8 Å². The normalized spacial score (nSPS) is 17.9. The molecule has 0 fully saturated rings. The van der Waals surface area contributed by atoms with E-state index in [1.807, 2.05) is 0 Å². The first-order valence-electron chi connectivity index (χ1n) is 7.90. The van der Waals surface area contributed by atoms with Gasteiger partial charge in [-0.1, -0.05) is 6.92 Å². The molecule has 1 atom stereocenters. The number of hydrogen-bond acceptors (Lipinski definition) is 4. The maximum absolute atomic E-state index is 13.1. The molecule has 2 aromatic rings. The van der Waals surface area contributed by atoms with Crippen molar-refractivity contribution >= 4 is 21.5 Å². The molecule has 1 unspecified atom stereocenters. The number of benzene rings is 1. The van der Waals surface area contributed by atoms with Crippen molar-refractivity contribution in [3.05, 3.63) is 40.7 Å². The molecule has 0 aliphatic heterocycles. The second kappa shape index (κ2) is 6.87. The summed E-state index contributed by atoms with van der Waals surface area (Å²) in [6, 6.07) is 5.91. The number of hydrogen-bond donors (Lipinski definition) is 1. The molecule has 8 heteroatoms. The lowest BCUT2D eigenvalue weighted by Gasteiger charge is -2.24. The van der Waals surface area contributed by atoms with Crippen LogP contribution in [-0.4, -0.2) is 31.3 Å². The summed E-state index contributed by atoms with van der Waals surface area (Å²) < 4.78 is 41.7. The van der Waals surface area contributed by atoms with Crippen LogP contribution in [-0.2, 0) is 16.6 Å². The van der Waals surface area contributed by atoms with Gasteiger partial charge in [-0.25, -0.2) is 9.37 Å². The van der Waals surface area contributed by atoms with Crippen LogP contribution in [0.3, 0.4) is 0 Å². The molecule has 1 N–H and O–H groups in total. The Balaban J connectivity index is 1.89. The van der Waals surface area contributed by atoms with Crippen molar-refractivity contribution in [3.8, 4) is 10.6 Å². The quantitative estimate of drug-likeness (QED) is 0.881. The molecule has 0 saturated carbocycles. The number of rotatable bonds is 5. The van der Waals surface area contributed by atoms with E-state index < -0.39 is 10.2 Å². The van der Waals surface area contributed by atoms with Gasteiger partial charge in [0.25, 0.3) is 10.2 Å². The number of nitrogens with zero attached hydrogens (tertiary/aromatic N) is 2. The summed E-state index contributed by atoms with van der Waals surface area (Å²) in [6.45, 7) is 2.20. The van der Waals surface area contributed by atoms with E-state index in [4.69, 9.17) is 0 Å². The van der Waals surface area contributed by atoms with E-state index in [2.05, 4.69) is 9.71 Å². The summed E-state index contributed by atoms with van der Waals surface area (Å²) in [5.74, 6) is -0.284. The van der Waals surface area contributed by atoms with Crippen molar-refractivity contribution in [1.29, 1.82) is 0 Å². The molecule has 0 spiro atoms. The van der Waals surface area contributed by atoms with Crippen molar-refractivity contribution in [3.63, 3.8) is 0 Å². The highest BCUT2D eigenvalue weighted by Crippen LogP contribution is 2.37.